The molecule has 1 aromatic rings. The van der Waals surface area contributed by atoms with Crippen LogP contribution in [0.2, 0.25) is 0 Å². The highest BCUT2D eigenvalue weighted by Gasteiger charge is 2.35. The zero-order valence-electron chi connectivity index (χ0n) is 16.6. The van der Waals surface area contributed by atoms with E-state index in [9.17, 15) is 23.5 Å². The van der Waals surface area contributed by atoms with Gasteiger partial charge in [0.2, 0.25) is 0 Å². The fraction of sp³-hybridized carbons (Fsp3) is 0.500. The summed E-state index contributed by atoms with van der Waals surface area (Å²) in [5, 5.41) is 9.34. The van der Waals surface area contributed by atoms with Crippen LogP contribution in [0.5, 0.6) is 0 Å². The molecule has 29 heavy (non-hydrogen) atoms. The molecule has 158 valence electrons. The van der Waals surface area contributed by atoms with E-state index in [-0.39, 0.29) is 44.0 Å². The van der Waals surface area contributed by atoms with Crippen LogP contribution in [0, 0.1) is 11.6 Å². The Balaban J connectivity index is 1.80. The summed E-state index contributed by atoms with van der Waals surface area (Å²) in [7, 11) is 0. The molecule has 2 amide bonds. The Morgan fingerprint density at radius 3 is 2.48 bits per heavy atom. The van der Waals surface area contributed by atoms with E-state index >= 15 is 0 Å². The minimum Gasteiger partial charge on any atom is -0.447 e. The molecule has 0 aliphatic carbocycles. The van der Waals surface area contributed by atoms with Crippen LogP contribution in [0.15, 0.2) is 18.2 Å². The Morgan fingerprint density at radius 2 is 1.97 bits per heavy atom. The highest BCUT2D eigenvalue weighted by Crippen LogP contribution is 2.33. The summed E-state index contributed by atoms with van der Waals surface area (Å²) in [5.41, 5.74) is -0.394. The SMILES string of the molecule is CC(C)(C)OC(=O)N1CC=C(c2c(F)cc(N3C(=O)OCC3CO)cc2F)CC1. The number of halogens is 2. The zero-order chi connectivity index (χ0) is 21.3. The first-order valence-electron chi connectivity index (χ1n) is 9.34. The fourth-order valence-corrected chi connectivity index (χ4v) is 3.31. The van der Waals surface area contributed by atoms with Crippen LogP contribution in [0.1, 0.15) is 32.8 Å². The Hall–Kier alpha value is -2.68. The van der Waals surface area contributed by atoms with Crippen LogP contribution in [-0.4, -0.2) is 60.1 Å². The molecule has 1 fully saturated rings. The summed E-state index contributed by atoms with van der Waals surface area (Å²) in [6.07, 6.45) is 0.610. The van der Waals surface area contributed by atoms with Gasteiger partial charge in [0.25, 0.3) is 0 Å². The van der Waals surface area contributed by atoms with Crippen LogP contribution in [0.3, 0.4) is 0 Å². The quantitative estimate of drug-likeness (QED) is 0.827. The number of rotatable bonds is 3. The molecule has 3 rings (SSSR count). The Labute approximate surface area is 167 Å². The van der Waals surface area contributed by atoms with Crippen molar-refractivity contribution in [1.82, 2.24) is 4.90 Å². The molecule has 0 spiro atoms. The Bertz CT molecular complexity index is 827. The van der Waals surface area contributed by atoms with E-state index in [1.54, 1.807) is 26.8 Å². The Kier molecular flexibility index (Phi) is 5.79. The van der Waals surface area contributed by atoms with Gasteiger partial charge >= 0.3 is 12.2 Å². The van der Waals surface area contributed by atoms with Crippen LogP contribution in [0.4, 0.5) is 24.1 Å². The van der Waals surface area contributed by atoms with Crippen molar-refractivity contribution in [2.45, 2.75) is 38.8 Å². The lowest BCUT2D eigenvalue weighted by Gasteiger charge is -2.30. The summed E-state index contributed by atoms with van der Waals surface area (Å²) >= 11 is 0. The maximum Gasteiger partial charge on any atom is 0.414 e. The predicted octanol–water partition coefficient (Wildman–Crippen LogP) is 3.31. The second kappa shape index (κ2) is 7.98. The van der Waals surface area contributed by atoms with E-state index in [4.69, 9.17) is 9.47 Å². The summed E-state index contributed by atoms with van der Waals surface area (Å²) in [6, 6.07) is 1.41. The molecule has 1 unspecified atom stereocenters. The molecule has 0 saturated carbocycles. The number of nitrogens with zero attached hydrogens (tertiary/aromatic N) is 2. The second-order valence-electron chi connectivity index (χ2n) is 7.97. The van der Waals surface area contributed by atoms with Crippen molar-refractivity contribution >= 4 is 23.4 Å². The minimum absolute atomic E-state index is 0.0166. The van der Waals surface area contributed by atoms with Gasteiger partial charge in [-0.2, -0.15) is 0 Å². The number of hydrogen-bond donors (Lipinski definition) is 1. The lowest BCUT2D eigenvalue weighted by Crippen LogP contribution is -2.39. The van der Waals surface area contributed by atoms with Crippen LogP contribution in [0.25, 0.3) is 5.57 Å². The number of carbonyl (C=O) groups excluding carboxylic acids is 2. The third-order valence-electron chi connectivity index (χ3n) is 4.66. The van der Waals surface area contributed by atoms with Crippen LogP contribution in [-0.2, 0) is 9.47 Å². The molecule has 1 N–H and O–H groups in total. The van der Waals surface area contributed by atoms with Crippen molar-refractivity contribution in [2.24, 2.45) is 0 Å². The lowest BCUT2D eigenvalue weighted by molar-refractivity contribution is 0.0270. The summed E-state index contributed by atoms with van der Waals surface area (Å²) in [5.74, 6) is -1.65. The lowest BCUT2D eigenvalue weighted by atomic mass is 9.97. The van der Waals surface area contributed by atoms with Gasteiger partial charge in [-0.25, -0.2) is 18.4 Å². The van der Waals surface area contributed by atoms with Crippen molar-refractivity contribution in [3.8, 4) is 0 Å². The van der Waals surface area contributed by atoms with Gasteiger partial charge in [-0.1, -0.05) is 6.08 Å². The number of anilines is 1. The minimum atomic E-state index is -0.826. The molecule has 1 aromatic carbocycles. The standard InChI is InChI=1S/C20H24F2N2O5/c1-20(2,3)29-18(26)23-6-4-12(5-7-23)17-15(21)8-13(9-16(17)22)24-14(10-25)11-28-19(24)27/h4,8-9,14,25H,5-7,10-11H2,1-3H3. The van der Waals surface area contributed by atoms with E-state index in [1.165, 1.54) is 4.90 Å². The summed E-state index contributed by atoms with van der Waals surface area (Å²) < 4.78 is 39.7. The number of ether oxygens (including phenoxy) is 2. The predicted molar refractivity (Wildman–Crippen MR) is 101 cm³/mol. The van der Waals surface area contributed by atoms with Crippen molar-refractivity contribution < 1.29 is 33.0 Å². The molecule has 0 radical (unpaired) electrons. The van der Waals surface area contributed by atoms with E-state index in [0.717, 1.165) is 17.0 Å². The molecule has 7 nitrogen and oxygen atoms in total. The molecule has 0 aromatic heterocycles. The first-order chi connectivity index (χ1) is 13.6. The van der Waals surface area contributed by atoms with E-state index < -0.39 is 35.5 Å². The monoisotopic (exact) mass is 410 g/mol. The van der Waals surface area contributed by atoms with Gasteiger partial charge in [-0.3, -0.25) is 4.90 Å². The van der Waals surface area contributed by atoms with Crippen molar-refractivity contribution in [1.29, 1.82) is 0 Å². The maximum atomic E-state index is 14.8. The molecule has 2 heterocycles. The molecule has 9 heteroatoms. The van der Waals surface area contributed by atoms with Gasteiger partial charge in [-0.15, -0.1) is 0 Å². The normalized spacial score (nSPS) is 19.9. The van der Waals surface area contributed by atoms with Gasteiger partial charge < -0.3 is 19.5 Å². The molecule has 0 bridgehead atoms. The second-order valence-corrected chi connectivity index (χ2v) is 7.97. The molecule has 2 aliphatic heterocycles. The maximum absolute atomic E-state index is 14.8. The zero-order valence-corrected chi connectivity index (χ0v) is 16.6. The van der Waals surface area contributed by atoms with Gasteiger partial charge in [0.15, 0.2) is 0 Å². The topological polar surface area (TPSA) is 79.3 Å². The summed E-state index contributed by atoms with van der Waals surface area (Å²) in [4.78, 5) is 26.5. The number of carbonyl (C=O) groups is 2. The van der Waals surface area contributed by atoms with E-state index in [1.807, 2.05) is 0 Å². The summed E-state index contributed by atoms with van der Waals surface area (Å²) in [6.45, 7) is 5.30. The van der Waals surface area contributed by atoms with Gasteiger partial charge in [-0.05, 0) is 44.9 Å². The van der Waals surface area contributed by atoms with Gasteiger partial charge in [0.1, 0.15) is 23.8 Å². The van der Waals surface area contributed by atoms with Crippen molar-refractivity contribution in [2.75, 3.05) is 31.2 Å². The molecule has 1 saturated heterocycles. The fourth-order valence-electron chi connectivity index (χ4n) is 3.31. The number of aliphatic hydroxyl groups excluding tert-OH is 1. The molecule has 2 aliphatic rings. The highest BCUT2D eigenvalue weighted by atomic mass is 19.1. The average Bonchev–Trinajstić information content (AvgIpc) is 3.01. The Morgan fingerprint density at radius 1 is 1.31 bits per heavy atom. The van der Waals surface area contributed by atoms with E-state index in [0.29, 0.717) is 5.57 Å². The average molecular weight is 410 g/mol. The third kappa shape index (κ3) is 4.50. The number of amides is 2. The first kappa shape index (κ1) is 21.0. The number of cyclic esters (lactones) is 1. The highest BCUT2D eigenvalue weighted by molar-refractivity contribution is 5.90. The van der Waals surface area contributed by atoms with Crippen molar-refractivity contribution in [3.63, 3.8) is 0 Å². The number of hydrogen-bond acceptors (Lipinski definition) is 5. The molecule has 1 atom stereocenters. The van der Waals surface area contributed by atoms with Gasteiger partial charge in [0, 0.05) is 18.7 Å². The number of aliphatic hydroxyl groups is 1. The van der Waals surface area contributed by atoms with Gasteiger partial charge in [0.05, 0.1) is 18.3 Å². The largest absolute Gasteiger partial charge is 0.447 e. The third-order valence-corrected chi connectivity index (χ3v) is 4.66. The van der Waals surface area contributed by atoms with Crippen molar-refractivity contribution in [3.05, 3.63) is 35.4 Å². The smallest absolute Gasteiger partial charge is 0.414 e. The van der Waals surface area contributed by atoms with E-state index in [2.05, 4.69) is 0 Å². The number of benzene rings is 1. The molecular weight excluding hydrogens is 386 g/mol. The first-order valence-corrected chi connectivity index (χ1v) is 9.34. The molecular formula is C20H24F2N2O5. The van der Waals surface area contributed by atoms with Crippen LogP contribution >= 0.6 is 0 Å². The van der Waals surface area contributed by atoms with Crippen LogP contribution < -0.4 is 4.90 Å².